The van der Waals surface area contributed by atoms with Crippen molar-refractivity contribution in [2.24, 2.45) is 0 Å². The predicted molar refractivity (Wildman–Crippen MR) is 93.8 cm³/mol. The quantitative estimate of drug-likeness (QED) is 0.782. The van der Waals surface area contributed by atoms with Crippen LogP contribution < -0.4 is 5.32 Å². The van der Waals surface area contributed by atoms with Gasteiger partial charge in [0.25, 0.3) is 0 Å². The van der Waals surface area contributed by atoms with Crippen LogP contribution in [0, 0.1) is 0 Å². The molecule has 0 aliphatic heterocycles. The van der Waals surface area contributed by atoms with Crippen molar-refractivity contribution in [3.05, 3.63) is 71.8 Å². The van der Waals surface area contributed by atoms with Gasteiger partial charge in [-0.1, -0.05) is 67.6 Å². The van der Waals surface area contributed by atoms with Gasteiger partial charge in [-0.15, -0.1) is 0 Å². The van der Waals surface area contributed by atoms with Gasteiger partial charge in [-0.2, -0.15) is 0 Å². The average molecular weight is 325 g/mol. The Labute approximate surface area is 142 Å². The van der Waals surface area contributed by atoms with E-state index in [1.54, 1.807) is 0 Å². The summed E-state index contributed by atoms with van der Waals surface area (Å²) in [5.41, 5.74) is 1.99. The van der Waals surface area contributed by atoms with Crippen LogP contribution in [-0.4, -0.2) is 23.0 Å². The third-order valence-corrected chi connectivity index (χ3v) is 4.11. The van der Waals surface area contributed by atoms with Gasteiger partial charge in [-0.3, -0.25) is 4.79 Å². The monoisotopic (exact) mass is 325 g/mol. The number of carboxylic acids is 1. The van der Waals surface area contributed by atoms with Gasteiger partial charge >= 0.3 is 5.97 Å². The molecule has 2 aromatic carbocycles. The van der Waals surface area contributed by atoms with Crippen molar-refractivity contribution < 1.29 is 14.7 Å². The number of nitrogens with one attached hydrogen (secondary N) is 1. The van der Waals surface area contributed by atoms with E-state index in [-0.39, 0.29) is 18.2 Å². The van der Waals surface area contributed by atoms with E-state index >= 15 is 0 Å². The minimum absolute atomic E-state index is 0.0948. The van der Waals surface area contributed by atoms with Crippen molar-refractivity contribution in [3.8, 4) is 0 Å². The number of hydrogen-bond acceptors (Lipinski definition) is 2. The van der Waals surface area contributed by atoms with Gasteiger partial charge in [0.1, 0.15) is 6.04 Å². The van der Waals surface area contributed by atoms with Crippen LogP contribution in [0.4, 0.5) is 0 Å². The van der Waals surface area contributed by atoms with E-state index in [4.69, 9.17) is 0 Å². The standard InChI is InChI=1S/C20H23NO3/c1-2-16(17-11-7-4-8-12-17)14-19(22)21-18(20(23)24)13-15-9-5-3-6-10-15/h3-12,16,18H,2,13-14H2,1H3,(H,21,22)(H,23,24)/t16?,18-/m0/s1. The summed E-state index contributed by atoms with van der Waals surface area (Å²) in [6, 6.07) is 18.3. The average Bonchev–Trinajstić information content (AvgIpc) is 2.60. The third-order valence-electron chi connectivity index (χ3n) is 4.11. The molecule has 2 aromatic rings. The maximum atomic E-state index is 12.3. The Balaban J connectivity index is 1.98. The fraction of sp³-hybridized carbons (Fsp3) is 0.300. The summed E-state index contributed by atoms with van der Waals surface area (Å²) in [6.45, 7) is 2.03. The first-order chi connectivity index (χ1) is 11.6. The molecule has 4 heteroatoms. The summed E-state index contributed by atoms with van der Waals surface area (Å²) in [7, 11) is 0. The maximum Gasteiger partial charge on any atom is 0.326 e. The SMILES string of the molecule is CCC(CC(=O)N[C@@H](Cc1ccccc1)C(=O)O)c1ccccc1. The van der Waals surface area contributed by atoms with Crippen LogP contribution in [-0.2, 0) is 16.0 Å². The molecule has 0 saturated carbocycles. The fourth-order valence-corrected chi connectivity index (χ4v) is 2.75. The summed E-state index contributed by atoms with van der Waals surface area (Å²) in [5.74, 6) is -1.15. The minimum Gasteiger partial charge on any atom is -0.480 e. The van der Waals surface area contributed by atoms with Crippen LogP contribution in [0.2, 0.25) is 0 Å². The minimum atomic E-state index is -1.01. The Morgan fingerprint density at radius 1 is 1.00 bits per heavy atom. The van der Waals surface area contributed by atoms with E-state index < -0.39 is 12.0 Å². The molecule has 0 aliphatic carbocycles. The molecular formula is C20H23NO3. The molecule has 1 amide bonds. The lowest BCUT2D eigenvalue weighted by Crippen LogP contribution is -2.42. The molecule has 0 aliphatic rings. The number of hydrogen-bond donors (Lipinski definition) is 2. The zero-order chi connectivity index (χ0) is 17.4. The van der Waals surface area contributed by atoms with Gasteiger partial charge in [0.2, 0.25) is 5.91 Å². The van der Waals surface area contributed by atoms with Crippen LogP contribution in [0.25, 0.3) is 0 Å². The number of carbonyl (C=O) groups is 2. The van der Waals surface area contributed by atoms with E-state index in [1.807, 2.05) is 67.6 Å². The van der Waals surface area contributed by atoms with E-state index in [9.17, 15) is 14.7 Å². The predicted octanol–water partition coefficient (Wildman–Crippen LogP) is 3.38. The molecule has 0 bridgehead atoms. The molecule has 0 saturated heterocycles. The van der Waals surface area contributed by atoms with E-state index in [1.165, 1.54) is 0 Å². The molecule has 4 nitrogen and oxygen atoms in total. The van der Waals surface area contributed by atoms with Crippen molar-refractivity contribution in [1.29, 1.82) is 0 Å². The van der Waals surface area contributed by atoms with Crippen LogP contribution in [0.5, 0.6) is 0 Å². The maximum absolute atomic E-state index is 12.3. The normalized spacial score (nSPS) is 13.0. The lowest BCUT2D eigenvalue weighted by molar-refractivity contribution is -0.141. The highest BCUT2D eigenvalue weighted by molar-refractivity contribution is 5.84. The van der Waals surface area contributed by atoms with E-state index in [0.717, 1.165) is 17.5 Å². The number of carboxylic acid groups (broad SMARTS) is 1. The number of benzene rings is 2. The van der Waals surface area contributed by atoms with E-state index in [2.05, 4.69) is 5.32 Å². The smallest absolute Gasteiger partial charge is 0.326 e. The second kappa shape index (κ2) is 8.87. The summed E-state index contributed by atoms with van der Waals surface area (Å²) < 4.78 is 0. The summed E-state index contributed by atoms with van der Waals surface area (Å²) in [5, 5.41) is 12.0. The lowest BCUT2D eigenvalue weighted by atomic mass is 9.93. The molecule has 0 spiro atoms. The zero-order valence-electron chi connectivity index (χ0n) is 13.8. The molecule has 2 rings (SSSR count). The van der Waals surface area contributed by atoms with Gasteiger partial charge in [-0.25, -0.2) is 4.79 Å². The van der Waals surface area contributed by atoms with Gasteiger partial charge < -0.3 is 10.4 Å². The molecular weight excluding hydrogens is 302 g/mol. The lowest BCUT2D eigenvalue weighted by Gasteiger charge is -2.18. The topological polar surface area (TPSA) is 66.4 Å². The van der Waals surface area contributed by atoms with Crippen LogP contribution >= 0.6 is 0 Å². The van der Waals surface area contributed by atoms with Gasteiger partial charge in [-0.05, 0) is 23.5 Å². The highest BCUT2D eigenvalue weighted by Gasteiger charge is 2.22. The Bertz CT molecular complexity index is 655. The highest BCUT2D eigenvalue weighted by Crippen LogP contribution is 2.22. The van der Waals surface area contributed by atoms with Crippen molar-refractivity contribution >= 4 is 11.9 Å². The van der Waals surface area contributed by atoms with Crippen molar-refractivity contribution in [2.45, 2.75) is 38.1 Å². The first-order valence-corrected chi connectivity index (χ1v) is 8.21. The molecule has 2 N–H and O–H groups in total. The van der Waals surface area contributed by atoms with Crippen molar-refractivity contribution in [3.63, 3.8) is 0 Å². The Morgan fingerprint density at radius 2 is 1.58 bits per heavy atom. The van der Waals surface area contributed by atoms with E-state index in [0.29, 0.717) is 6.42 Å². The van der Waals surface area contributed by atoms with Crippen LogP contribution in [0.15, 0.2) is 60.7 Å². The number of carbonyl (C=O) groups excluding carboxylic acids is 1. The second-order valence-electron chi connectivity index (χ2n) is 5.87. The summed E-state index contributed by atoms with van der Waals surface area (Å²) >= 11 is 0. The summed E-state index contributed by atoms with van der Waals surface area (Å²) in [6.07, 6.45) is 1.40. The highest BCUT2D eigenvalue weighted by atomic mass is 16.4. The van der Waals surface area contributed by atoms with Crippen molar-refractivity contribution in [1.82, 2.24) is 5.32 Å². The van der Waals surface area contributed by atoms with Crippen molar-refractivity contribution in [2.75, 3.05) is 0 Å². The van der Waals surface area contributed by atoms with Crippen LogP contribution in [0.3, 0.4) is 0 Å². The molecule has 0 fully saturated rings. The second-order valence-corrected chi connectivity index (χ2v) is 5.87. The Hall–Kier alpha value is -2.62. The molecule has 0 radical (unpaired) electrons. The zero-order valence-corrected chi connectivity index (χ0v) is 13.8. The first-order valence-electron chi connectivity index (χ1n) is 8.21. The van der Waals surface area contributed by atoms with Crippen LogP contribution in [0.1, 0.15) is 36.8 Å². The molecule has 1 unspecified atom stereocenters. The fourth-order valence-electron chi connectivity index (χ4n) is 2.75. The van der Waals surface area contributed by atoms with Gasteiger partial charge in [0.05, 0.1) is 0 Å². The number of aliphatic carboxylic acids is 1. The Kier molecular flexibility index (Phi) is 6.55. The number of amides is 1. The molecule has 0 heterocycles. The molecule has 0 aromatic heterocycles. The first kappa shape index (κ1) is 17.7. The molecule has 2 atom stereocenters. The third kappa shape index (κ3) is 5.23. The molecule has 24 heavy (non-hydrogen) atoms. The Morgan fingerprint density at radius 3 is 2.12 bits per heavy atom. The molecule has 126 valence electrons. The largest absolute Gasteiger partial charge is 0.480 e. The van der Waals surface area contributed by atoms with Gasteiger partial charge in [0, 0.05) is 12.8 Å². The van der Waals surface area contributed by atoms with Gasteiger partial charge in [0.15, 0.2) is 0 Å². The summed E-state index contributed by atoms with van der Waals surface area (Å²) in [4.78, 5) is 23.8. The number of rotatable bonds is 8.